The normalized spacial score (nSPS) is 26.7. The minimum atomic E-state index is -1.00. The van der Waals surface area contributed by atoms with E-state index in [-0.39, 0.29) is 11.2 Å². The van der Waals surface area contributed by atoms with E-state index in [1.54, 1.807) is 6.92 Å². The van der Waals surface area contributed by atoms with Crippen molar-refractivity contribution >= 4 is 5.78 Å². The summed E-state index contributed by atoms with van der Waals surface area (Å²) >= 11 is 0. The lowest BCUT2D eigenvalue weighted by Crippen LogP contribution is -2.49. The van der Waals surface area contributed by atoms with Crippen LogP contribution in [0.3, 0.4) is 0 Å². The molecule has 0 aromatic carbocycles. The summed E-state index contributed by atoms with van der Waals surface area (Å²) in [6.45, 7) is 8.40. The van der Waals surface area contributed by atoms with Gasteiger partial charge < -0.3 is 9.47 Å². The fourth-order valence-corrected chi connectivity index (χ4v) is 0.953. The molecule has 0 radical (unpaired) electrons. The minimum Gasteiger partial charge on any atom is -0.343 e. The van der Waals surface area contributed by atoms with Crippen molar-refractivity contribution in [2.45, 2.75) is 33.5 Å². The average molecular weight is 172 g/mol. The second-order valence-corrected chi connectivity index (χ2v) is 4.24. The molecule has 0 aromatic heterocycles. The van der Waals surface area contributed by atoms with Crippen molar-refractivity contribution in [3.63, 3.8) is 0 Å². The summed E-state index contributed by atoms with van der Waals surface area (Å²) < 4.78 is 10.7. The molecule has 3 nitrogen and oxygen atoms in total. The maximum Gasteiger partial charge on any atom is 0.225 e. The Bertz CT molecular complexity index is 186. The predicted octanol–water partition coefficient (Wildman–Crippen LogP) is 1.36. The highest BCUT2D eigenvalue weighted by molar-refractivity contribution is 5.83. The summed E-state index contributed by atoms with van der Waals surface area (Å²) in [6, 6.07) is 0. The zero-order valence-corrected chi connectivity index (χ0v) is 8.14. The maximum atomic E-state index is 11.1. The van der Waals surface area contributed by atoms with Gasteiger partial charge in [0.15, 0.2) is 5.78 Å². The number of hydrogen-bond donors (Lipinski definition) is 0. The Morgan fingerprint density at radius 1 is 1.17 bits per heavy atom. The molecule has 3 heteroatoms. The molecule has 70 valence electrons. The largest absolute Gasteiger partial charge is 0.343 e. The average Bonchev–Trinajstić information content (AvgIpc) is 1.96. The van der Waals surface area contributed by atoms with Crippen LogP contribution in [0.25, 0.3) is 0 Å². The summed E-state index contributed by atoms with van der Waals surface area (Å²) in [5, 5.41) is 0. The van der Waals surface area contributed by atoms with Gasteiger partial charge in [0.1, 0.15) is 0 Å². The van der Waals surface area contributed by atoms with Crippen LogP contribution < -0.4 is 0 Å². The molecule has 0 aromatic rings. The molecule has 0 amide bonds. The Balaban J connectivity index is 2.62. The SMILES string of the molecule is CC(=O)C1(C)OCC(C)(C)CO1. The van der Waals surface area contributed by atoms with Crippen LogP contribution in [0, 0.1) is 5.41 Å². The first-order chi connectivity index (χ1) is 5.36. The smallest absolute Gasteiger partial charge is 0.225 e. The zero-order valence-electron chi connectivity index (χ0n) is 8.14. The monoisotopic (exact) mass is 172 g/mol. The third-order valence-corrected chi connectivity index (χ3v) is 2.12. The molecule has 1 fully saturated rings. The van der Waals surface area contributed by atoms with Crippen LogP contribution in [0.15, 0.2) is 0 Å². The van der Waals surface area contributed by atoms with Gasteiger partial charge in [-0.2, -0.15) is 0 Å². The van der Waals surface area contributed by atoms with Gasteiger partial charge >= 0.3 is 0 Å². The van der Waals surface area contributed by atoms with Crippen molar-refractivity contribution in [2.24, 2.45) is 5.41 Å². The van der Waals surface area contributed by atoms with Crippen LogP contribution in [-0.2, 0) is 14.3 Å². The molecule has 0 unspecified atom stereocenters. The van der Waals surface area contributed by atoms with E-state index in [0.29, 0.717) is 13.2 Å². The van der Waals surface area contributed by atoms with Crippen LogP contribution in [0.4, 0.5) is 0 Å². The van der Waals surface area contributed by atoms with E-state index in [4.69, 9.17) is 9.47 Å². The second-order valence-electron chi connectivity index (χ2n) is 4.24. The standard InChI is InChI=1S/C9H16O3/c1-7(10)9(4)11-5-8(2,3)6-12-9/h5-6H2,1-4H3. The van der Waals surface area contributed by atoms with Crippen molar-refractivity contribution in [1.82, 2.24) is 0 Å². The number of ether oxygens (including phenoxy) is 2. The number of Topliss-reactive ketones (excluding diaryl/α,β-unsaturated/α-hetero) is 1. The van der Waals surface area contributed by atoms with Crippen molar-refractivity contribution in [1.29, 1.82) is 0 Å². The van der Waals surface area contributed by atoms with E-state index in [0.717, 1.165) is 0 Å². The summed E-state index contributed by atoms with van der Waals surface area (Å²) in [7, 11) is 0. The topological polar surface area (TPSA) is 35.5 Å². The molecule has 0 aliphatic carbocycles. The molecule has 0 N–H and O–H groups in total. The fraction of sp³-hybridized carbons (Fsp3) is 0.889. The molecular formula is C9H16O3. The zero-order chi connectivity index (χ0) is 9.41. The summed E-state index contributed by atoms with van der Waals surface area (Å²) in [6.07, 6.45) is 0. The van der Waals surface area contributed by atoms with Crippen molar-refractivity contribution < 1.29 is 14.3 Å². The Morgan fingerprint density at radius 3 is 1.92 bits per heavy atom. The maximum absolute atomic E-state index is 11.1. The second kappa shape index (κ2) is 2.82. The quantitative estimate of drug-likeness (QED) is 0.599. The number of carbonyl (C=O) groups excluding carboxylic acids is 1. The highest BCUT2D eigenvalue weighted by Gasteiger charge is 2.40. The third kappa shape index (κ3) is 1.84. The Labute approximate surface area is 73.0 Å². The van der Waals surface area contributed by atoms with Crippen LogP contribution >= 0.6 is 0 Å². The molecule has 1 heterocycles. The third-order valence-electron chi connectivity index (χ3n) is 2.12. The summed E-state index contributed by atoms with van der Waals surface area (Å²) in [4.78, 5) is 11.1. The molecule has 1 saturated heterocycles. The molecule has 0 spiro atoms. The lowest BCUT2D eigenvalue weighted by Gasteiger charge is -2.39. The van der Waals surface area contributed by atoms with E-state index in [2.05, 4.69) is 0 Å². The van der Waals surface area contributed by atoms with Gasteiger partial charge in [-0.3, -0.25) is 4.79 Å². The highest BCUT2D eigenvalue weighted by Crippen LogP contribution is 2.29. The number of carbonyl (C=O) groups is 1. The Morgan fingerprint density at radius 2 is 1.58 bits per heavy atom. The molecule has 12 heavy (non-hydrogen) atoms. The van der Waals surface area contributed by atoms with Crippen molar-refractivity contribution in [3.8, 4) is 0 Å². The Kier molecular flexibility index (Phi) is 2.27. The van der Waals surface area contributed by atoms with Crippen LogP contribution in [0.2, 0.25) is 0 Å². The molecule has 0 bridgehead atoms. The molecule has 0 atom stereocenters. The van der Waals surface area contributed by atoms with Gasteiger partial charge in [0, 0.05) is 12.3 Å². The van der Waals surface area contributed by atoms with Gasteiger partial charge in [0.05, 0.1) is 13.2 Å². The lowest BCUT2D eigenvalue weighted by molar-refractivity contribution is -0.272. The van der Waals surface area contributed by atoms with Crippen LogP contribution in [0.1, 0.15) is 27.7 Å². The molecule has 1 aliphatic rings. The van der Waals surface area contributed by atoms with E-state index in [1.165, 1.54) is 6.92 Å². The fourth-order valence-electron chi connectivity index (χ4n) is 0.953. The van der Waals surface area contributed by atoms with Gasteiger partial charge in [-0.1, -0.05) is 13.8 Å². The predicted molar refractivity (Wildman–Crippen MR) is 44.8 cm³/mol. The van der Waals surface area contributed by atoms with Gasteiger partial charge in [-0.25, -0.2) is 0 Å². The van der Waals surface area contributed by atoms with E-state index in [1.807, 2.05) is 13.8 Å². The van der Waals surface area contributed by atoms with Gasteiger partial charge in [0.2, 0.25) is 5.79 Å². The van der Waals surface area contributed by atoms with E-state index >= 15 is 0 Å². The first-order valence-corrected chi connectivity index (χ1v) is 4.15. The Hall–Kier alpha value is -0.410. The van der Waals surface area contributed by atoms with Gasteiger partial charge in [0.25, 0.3) is 0 Å². The highest BCUT2D eigenvalue weighted by atomic mass is 16.7. The first-order valence-electron chi connectivity index (χ1n) is 4.15. The number of ketones is 1. The van der Waals surface area contributed by atoms with Gasteiger partial charge in [-0.05, 0) is 6.92 Å². The van der Waals surface area contributed by atoms with E-state index < -0.39 is 5.79 Å². The first kappa shape index (κ1) is 9.68. The molecular weight excluding hydrogens is 156 g/mol. The summed E-state index contributed by atoms with van der Waals surface area (Å²) in [5.41, 5.74) is 0.0228. The minimum absolute atomic E-state index is 0.0228. The van der Waals surface area contributed by atoms with Crippen LogP contribution in [0.5, 0.6) is 0 Å². The van der Waals surface area contributed by atoms with Crippen molar-refractivity contribution in [3.05, 3.63) is 0 Å². The number of hydrogen-bond acceptors (Lipinski definition) is 3. The van der Waals surface area contributed by atoms with Gasteiger partial charge in [-0.15, -0.1) is 0 Å². The number of rotatable bonds is 1. The molecule has 1 aliphatic heterocycles. The molecule has 1 rings (SSSR count). The van der Waals surface area contributed by atoms with Crippen molar-refractivity contribution in [2.75, 3.05) is 13.2 Å². The molecule has 0 saturated carbocycles. The van der Waals surface area contributed by atoms with E-state index in [9.17, 15) is 4.79 Å². The lowest BCUT2D eigenvalue weighted by atomic mass is 9.94. The summed E-state index contributed by atoms with van der Waals surface area (Å²) in [5.74, 6) is -1.08. The van der Waals surface area contributed by atoms with Crippen LogP contribution in [-0.4, -0.2) is 24.8 Å².